The summed E-state index contributed by atoms with van der Waals surface area (Å²) in [4.78, 5) is 24.0. The van der Waals surface area contributed by atoms with Gasteiger partial charge in [-0.3, -0.25) is 13.9 Å². The lowest BCUT2D eigenvalue weighted by Gasteiger charge is -2.23. The van der Waals surface area contributed by atoms with Crippen LogP contribution in [0.5, 0.6) is 0 Å². The van der Waals surface area contributed by atoms with E-state index in [2.05, 4.69) is 5.32 Å². The Kier molecular flexibility index (Phi) is 6.74. The van der Waals surface area contributed by atoms with Gasteiger partial charge in [0, 0.05) is 5.69 Å². The molecule has 0 fully saturated rings. The topological polar surface area (TPSA) is 117 Å². The summed E-state index contributed by atoms with van der Waals surface area (Å²) in [5, 5.41) is 11.3. The molecule has 8 nitrogen and oxygen atoms in total. The van der Waals surface area contributed by atoms with Crippen LogP contribution < -0.4 is 9.62 Å². The van der Waals surface area contributed by atoms with Gasteiger partial charge < -0.3 is 10.1 Å². The van der Waals surface area contributed by atoms with Gasteiger partial charge in [0.25, 0.3) is 5.91 Å². The van der Waals surface area contributed by atoms with Gasteiger partial charge in [-0.2, -0.15) is 5.26 Å². The highest BCUT2D eigenvalue weighted by molar-refractivity contribution is 7.92. The predicted octanol–water partition coefficient (Wildman–Crippen LogP) is 1.81. The Morgan fingerprint density at radius 1 is 1.14 bits per heavy atom. The SMILES string of the molecule is Cc1ccccc1N(CC(=O)OCC(=O)Nc1ccc(C#N)cc1)S(C)(=O)=O. The predicted molar refractivity (Wildman–Crippen MR) is 104 cm³/mol. The number of sulfonamides is 1. The lowest BCUT2D eigenvalue weighted by atomic mass is 10.2. The molecule has 1 N–H and O–H groups in total. The summed E-state index contributed by atoms with van der Waals surface area (Å²) in [6.07, 6.45) is 0.990. The van der Waals surface area contributed by atoms with E-state index in [1.165, 1.54) is 12.1 Å². The van der Waals surface area contributed by atoms with Gasteiger partial charge in [0.15, 0.2) is 6.61 Å². The average Bonchev–Trinajstić information content (AvgIpc) is 2.65. The molecule has 2 aromatic carbocycles. The van der Waals surface area contributed by atoms with Gasteiger partial charge in [-0.1, -0.05) is 18.2 Å². The summed E-state index contributed by atoms with van der Waals surface area (Å²) in [5.41, 5.74) is 1.93. The molecule has 0 atom stereocenters. The number of amides is 1. The van der Waals surface area contributed by atoms with Gasteiger partial charge in [-0.25, -0.2) is 8.42 Å². The van der Waals surface area contributed by atoms with Crippen LogP contribution in [0.15, 0.2) is 48.5 Å². The third-order valence-electron chi connectivity index (χ3n) is 3.72. The summed E-state index contributed by atoms with van der Waals surface area (Å²) < 4.78 is 30.0. The van der Waals surface area contributed by atoms with Gasteiger partial charge in [-0.05, 0) is 42.8 Å². The molecule has 1 amide bonds. The number of nitriles is 1. The minimum atomic E-state index is -3.72. The largest absolute Gasteiger partial charge is 0.454 e. The Morgan fingerprint density at radius 2 is 1.79 bits per heavy atom. The lowest BCUT2D eigenvalue weighted by molar-refractivity contribution is -0.145. The van der Waals surface area contributed by atoms with Crippen LogP contribution in [0.1, 0.15) is 11.1 Å². The molecule has 2 rings (SSSR count). The number of benzene rings is 2. The molecule has 0 radical (unpaired) electrons. The highest BCUT2D eigenvalue weighted by Gasteiger charge is 2.23. The second-order valence-corrected chi connectivity index (χ2v) is 7.86. The monoisotopic (exact) mass is 401 g/mol. The molecule has 28 heavy (non-hydrogen) atoms. The van der Waals surface area contributed by atoms with E-state index in [0.717, 1.165) is 10.6 Å². The van der Waals surface area contributed by atoms with Crippen LogP contribution in [0.25, 0.3) is 0 Å². The van der Waals surface area contributed by atoms with E-state index in [4.69, 9.17) is 10.00 Å². The Hall–Kier alpha value is -3.38. The molecule has 2 aromatic rings. The Balaban J connectivity index is 1.96. The van der Waals surface area contributed by atoms with Crippen LogP contribution in [-0.4, -0.2) is 39.7 Å². The fraction of sp³-hybridized carbons (Fsp3) is 0.211. The third kappa shape index (κ3) is 5.82. The van der Waals surface area contributed by atoms with Crippen molar-refractivity contribution in [3.05, 3.63) is 59.7 Å². The Morgan fingerprint density at radius 3 is 2.36 bits per heavy atom. The zero-order valence-electron chi connectivity index (χ0n) is 15.4. The van der Waals surface area contributed by atoms with Crippen molar-refractivity contribution in [1.82, 2.24) is 0 Å². The number of carbonyl (C=O) groups is 2. The number of esters is 1. The van der Waals surface area contributed by atoms with Crippen molar-refractivity contribution in [2.45, 2.75) is 6.92 Å². The van der Waals surface area contributed by atoms with Crippen molar-refractivity contribution in [3.63, 3.8) is 0 Å². The number of nitrogens with one attached hydrogen (secondary N) is 1. The van der Waals surface area contributed by atoms with Crippen LogP contribution >= 0.6 is 0 Å². The van der Waals surface area contributed by atoms with Gasteiger partial charge in [0.2, 0.25) is 10.0 Å². The normalized spacial score (nSPS) is 10.6. The first kappa shape index (κ1) is 20.9. The smallest absolute Gasteiger partial charge is 0.327 e. The van der Waals surface area contributed by atoms with Gasteiger partial charge in [0.1, 0.15) is 6.54 Å². The molecule has 0 unspecified atom stereocenters. The zero-order valence-corrected chi connectivity index (χ0v) is 16.2. The molecule has 0 saturated carbocycles. The highest BCUT2D eigenvalue weighted by Crippen LogP contribution is 2.21. The van der Waals surface area contributed by atoms with Gasteiger partial charge in [0.05, 0.1) is 23.6 Å². The van der Waals surface area contributed by atoms with Crippen LogP contribution in [0, 0.1) is 18.3 Å². The van der Waals surface area contributed by atoms with Crippen LogP contribution in [-0.2, 0) is 24.3 Å². The molecule has 0 aromatic heterocycles. The first-order valence-corrected chi connectivity index (χ1v) is 10.0. The summed E-state index contributed by atoms with van der Waals surface area (Å²) in [6.45, 7) is 0.613. The average molecular weight is 401 g/mol. The second kappa shape index (κ2) is 9.01. The molecule has 0 aliphatic carbocycles. The number of anilines is 2. The Bertz CT molecular complexity index is 1010. The molecule has 0 aliphatic rings. The van der Waals surface area contributed by atoms with Crippen molar-refractivity contribution < 1.29 is 22.7 Å². The van der Waals surface area contributed by atoms with E-state index in [9.17, 15) is 18.0 Å². The van der Waals surface area contributed by atoms with Crippen LogP contribution in [0.3, 0.4) is 0 Å². The number of para-hydroxylation sites is 1. The van der Waals surface area contributed by atoms with Crippen molar-refractivity contribution >= 4 is 33.3 Å². The summed E-state index contributed by atoms with van der Waals surface area (Å²) in [6, 6.07) is 14.8. The molecule has 9 heteroatoms. The number of hydrogen-bond donors (Lipinski definition) is 1. The highest BCUT2D eigenvalue weighted by atomic mass is 32.2. The van der Waals surface area contributed by atoms with Crippen molar-refractivity contribution in [2.75, 3.05) is 29.0 Å². The number of rotatable bonds is 7. The number of nitrogens with zero attached hydrogens (tertiary/aromatic N) is 2. The van der Waals surface area contributed by atoms with E-state index in [1.807, 2.05) is 6.07 Å². The number of aryl methyl sites for hydroxylation is 1. The molecule has 0 aliphatic heterocycles. The third-order valence-corrected chi connectivity index (χ3v) is 4.85. The maximum absolute atomic E-state index is 12.1. The minimum absolute atomic E-state index is 0.365. The van der Waals surface area contributed by atoms with Crippen molar-refractivity contribution in [1.29, 1.82) is 5.26 Å². The van der Waals surface area contributed by atoms with Crippen molar-refractivity contribution in [3.8, 4) is 6.07 Å². The van der Waals surface area contributed by atoms with E-state index < -0.39 is 35.1 Å². The minimum Gasteiger partial charge on any atom is -0.454 e. The maximum atomic E-state index is 12.1. The maximum Gasteiger partial charge on any atom is 0.327 e. The first-order valence-electron chi connectivity index (χ1n) is 8.19. The molecule has 0 heterocycles. The first-order chi connectivity index (χ1) is 13.2. The summed E-state index contributed by atoms with van der Waals surface area (Å²) >= 11 is 0. The number of ether oxygens (including phenoxy) is 1. The van der Waals surface area contributed by atoms with Gasteiger partial charge >= 0.3 is 5.97 Å². The van der Waals surface area contributed by atoms with E-state index in [0.29, 0.717) is 22.5 Å². The van der Waals surface area contributed by atoms with Crippen LogP contribution in [0.4, 0.5) is 11.4 Å². The molecule has 0 bridgehead atoms. The molecule has 0 saturated heterocycles. The fourth-order valence-corrected chi connectivity index (χ4v) is 3.26. The number of hydrogen-bond acceptors (Lipinski definition) is 6. The Labute approximate surface area is 163 Å². The quantitative estimate of drug-likeness (QED) is 0.707. The second-order valence-electron chi connectivity index (χ2n) is 5.95. The van der Waals surface area contributed by atoms with Crippen LogP contribution in [0.2, 0.25) is 0 Å². The standard InChI is InChI=1S/C19H19N3O5S/c1-14-5-3-4-6-17(14)22(28(2,25)26)12-19(24)27-13-18(23)21-16-9-7-15(11-20)8-10-16/h3-10H,12-13H2,1-2H3,(H,21,23). The molecule has 146 valence electrons. The molecular formula is C19H19N3O5S. The number of carbonyl (C=O) groups excluding carboxylic acids is 2. The summed E-state index contributed by atoms with van der Waals surface area (Å²) in [7, 11) is -3.72. The zero-order chi connectivity index (χ0) is 20.7. The van der Waals surface area contributed by atoms with E-state index >= 15 is 0 Å². The summed E-state index contributed by atoms with van der Waals surface area (Å²) in [5.74, 6) is -1.44. The van der Waals surface area contributed by atoms with E-state index in [1.54, 1.807) is 43.3 Å². The van der Waals surface area contributed by atoms with E-state index in [-0.39, 0.29) is 0 Å². The molecule has 0 spiro atoms. The fourth-order valence-electron chi connectivity index (χ4n) is 2.36. The molecular weight excluding hydrogens is 382 g/mol. The lowest BCUT2D eigenvalue weighted by Crippen LogP contribution is -2.37. The van der Waals surface area contributed by atoms with Gasteiger partial charge in [-0.15, -0.1) is 0 Å². The van der Waals surface area contributed by atoms with Crippen molar-refractivity contribution in [2.24, 2.45) is 0 Å².